The number of alkyl halides is 8. The molecule has 0 fully saturated rings. The lowest BCUT2D eigenvalue weighted by molar-refractivity contribution is -0.207. The summed E-state index contributed by atoms with van der Waals surface area (Å²) in [6, 6.07) is 5.92. The fourth-order valence-electron chi connectivity index (χ4n) is 3.60. The average molecular weight is 598 g/mol. The molecule has 4 aromatic rings. The van der Waals surface area contributed by atoms with E-state index in [0.717, 1.165) is 6.20 Å². The van der Waals surface area contributed by atoms with Crippen LogP contribution in [0, 0.1) is 0 Å². The van der Waals surface area contributed by atoms with E-state index < -0.39 is 66.1 Å². The van der Waals surface area contributed by atoms with Crippen LogP contribution in [0.2, 0.25) is 5.02 Å². The minimum Gasteiger partial charge on any atom is -0.382 e. The third kappa shape index (κ3) is 5.99. The molecule has 0 saturated carbocycles. The molecule has 4 rings (SSSR count). The first-order valence-corrected chi connectivity index (χ1v) is 11.4. The van der Waals surface area contributed by atoms with Gasteiger partial charge in [-0.3, -0.25) is 9.55 Å². The van der Waals surface area contributed by atoms with Gasteiger partial charge in [0, 0.05) is 23.7 Å². The van der Waals surface area contributed by atoms with Crippen molar-refractivity contribution in [2.45, 2.75) is 44.4 Å². The molecule has 0 saturated heterocycles. The summed E-state index contributed by atoms with van der Waals surface area (Å²) in [5.41, 5.74) is -3.33. The van der Waals surface area contributed by atoms with E-state index in [1.54, 1.807) is 0 Å². The molecule has 40 heavy (non-hydrogen) atoms. The molecule has 1 atom stereocenters. The van der Waals surface area contributed by atoms with Crippen LogP contribution in [0.3, 0.4) is 0 Å². The second kappa shape index (κ2) is 10.3. The van der Waals surface area contributed by atoms with Gasteiger partial charge in [0.15, 0.2) is 17.8 Å². The summed E-state index contributed by atoms with van der Waals surface area (Å²) in [5.74, 6) is -6.00. The first kappa shape index (κ1) is 29.1. The molecule has 1 unspecified atom stereocenters. The Morgan fingerprint density at radius 2 is 1.65 bits per heavy atom. The van der Waals surface area contributed by atoms with Crippen LogP contribution in [0.5, 0.6) is 0 Å². The molecule has 0 aliphatic rings. The number of aromatic nitrogens is 7. The van der Waals surface area contributed by atoms with Gasteiger partial charge in [0.1, 0.15) is 6.54 Å². The highest BCUT2D eigenvalue weighted by molar-refractivity contribution is 6.30. The molecule has 0 aliphatic carbocycles. The van der Waals surface area contributed by atoms with Gasteiger partial charge in [-0.2, -0.15) is 35.1 Å². The highest BCUT2D eigenvalue weighted by Crippen LogP contribution is 2.35. The molecule has 3 aromatic heterocycles. The van der Waals surface area contributed by atoms with Crippen LogP contribution < -0.4 is 5.69 Å². The molecule has 18 heteroatoms. The number of aliphatic hydroxyl groups excluding tert-OH is 1. The Labute approximate surface area is 223 Å². The van der Waals surface area contributed by atoms with E-state index in [4.69, 9.17) is 11.6 Å². The normalized spacial score (nSPS) is 13.6. The Hall–Kier alpha value is -3.86. The zero-order valence-electron chi connectivity index (χ0n) is 19.9. The maximum absolute atomic E-state index is 14.4. The second-order valence-corrected chi connectivity index (χ2v) is 8.92. The first-order chi connectivity index (χ1) is 18.5. The molecule has 1 N–H and O–H groups in total. The molecule has 3 heterocycles. The standard InChI is InChI=1S/C22H16ClF8N7O2/c1-20(24,25)18-33-16(34-38(18)14-8-32-7-6-13(14)21(26,27)28)10-37-19(40)36(9-15(39)22(29,30)31)17(35-37)11-2-4-12(23)5-3-11/h2-8,15,39H,9-10H2,1H3. The van der Waals surface area contributed by atoms with Crippen LogP contribution >= 0.6 is 11.6 Å². The molecule has 0 amide bonds. The van der Waals surface area contributed by atoms with Crippen molar-refractivity contribution < 1.29 is 40.2 Å². The van der Waals surface area contributed by atoms with Gasteiger partial charge in [0.05, 0.1) is 24.0 Å². The van der Waals surface area contributed by atoms with Gasteiger partial charge in [-0.05, 0) is 30.3 Å². The van der Waals surface area contributed by atoms with E-state index in [2.05, 4.69) is 20.2 Å². The second-order valence-electron chi connectivity index (χ2n) is 8.48. The minimum atomic E-state index is -5.10. The van der Waals surface area contributed by atoms with Gasteiger partial charge >= 0.3 is 24.0 Å². The Bertz CT molecular complexity index is 1570. The number of hydrogen-bond donors (Lipinski definition) is 1. The Kier molecular flexibility index (Phi) is 7.48. The molecular weight excluding hydrogens is 582 g/mol. The van der Waals surface area contributed by atoms with Crippen molar-refractivity contribution in [1.82, 2.24) is 34.1 Å². The van der Waals surface area contributed by atoms with Gasteiger partial charge in [0.2, 0.25) is 5.82 Å². The number of halogens is 9. The summed E-state index contributed by atoms with van der Waals surface area (Å²) in [5, 5.41) is 17.5. The molecule has 0 aliphatic heterocycles. The van der Waals surface area contributed by atoms with Crippen LogP contribution in [-0.4, -0.2) is 51.5 Å². The van der Waals surface area contributed by atoms with Crippen LogP contribution in [0.4, 0.5) is 35.1 Å². The maximum atomic E-state index is 14.4. The molecule has 0 radical (unpaired) electrons. The van der Waals surface area contributed by atoms with Crippen molar-refractivity contribution in [2.75, 3.05) is 0 Å². The first-order valence-electron chi connectivity index (χ1n) is 11.0. The van der Waals surface area contributed by atoms with Crippen molar-refractivity contribution in [1.29, 1.82) is 0 Å². The van der Waals surface area contributed by atoms with Gasteiger partial charge in [-0.25, -0.2) is 19.1 Å². The monoisotopic (exact) mass is 597 g/mol. The minimum absolute atomic E-state index is 0.110. The number of nitrogens with zero attached hydrogens (tertiary/aromatic N) is 7. The zero-order chi connectivity index (χ0) is 29.6. The van der Waals surface area contributed by atoms with Crippen molar-refractivity contribution >= 4 is 11.6 Å². The molecular formula is C22H16ClF8N7O2. The number of rotatable bonds is 7. The zero-order valence-corrected chi connectivity index (χ0v) is 20.7. The molecule has 1 aromatic carbocycles. The van der Waals surface area contributed by atoms with Gasteiger partial charge < -0.3 is 5.11 Å². The van der Waals surface area contributed by atoms with E-state index in [-0.39, 0.29) is 21.1 Å². The summed E-state index contributed by atoms with van der Waals surface area (Å²) in [6.07, 6.45) is -11.6. The SMILES string of the molecule is CC(F)(F)c1nc(Cn2nc(-c3ccc(Cl)cc3)n(CC(O)C(F)(F)F)c2=O)nn1-c1cnccc1C(F)(F)F. The number of hydrogen-bond acceptors (Lipinski definition) is 6. The van der Waals surface area contributed by atoms with Crippen molar-refractivity contribution in [3.63, 3.8) is 0 Å². The third-order valence-electron chi connectivity index (χ3n) is 5.43. The summed E-state index contributed by atoms with van der Waals surface area (Å²) >= 11 is 5.83. The van der Waals surface area contributed by atoms with Gasteiger partial charge in [-0.15, -0.1) is 10.2 Å². The molecule has 9 nitrogen and oxygen atoms in total. The van der Waals surface area contributed by atoms with Crippen LogP contribution in [-0.2, 0) is 25.2 Å². The van der Waals surface area contributed by atoms with Crippen LogP contribution in [0.15, 0.2) is 47.5 Å². The number of aliphatic hydroxyl groups is 1. The predicted octanol–water partition coefficient (Wildman–Crippen LogP) is 4.44. The molecule has 0 spiro atoms. The summed E-state index contributed by atoms with van der Waals surface area (Å²) in [4.78, 5) is 20.2. The highest BCUT2D eigenvalue weighted by atomic mass is 35.5. The lowest BCUT2D eigenvalue weighted by Gasteiger charge is -2.15. The molecule has 0 bridgehead atoms. The third-order valence-corrected chi connectivity index (χ3v) is 5.68. The van der Waals surface area contributed by atoms with Gasteiger partial charge in [-0.1, -0.05) is 11.6 Å². The van der Waals surface area contributed by atoms with E-state index in [1.165, 1.54) is 24.3 Å². The predicted molar refractivity (Wildman–Crippen MR) is 122 cm³/mol. The lowest BCUT2D eigenvalue weighted by Crippen LogP contribution is -2.37. The largest absolute Gasteiger partial charge is 0.418 e. The van der Waals surface area contributed by atoms with Crippen molar-refractivity contribution in [3.8, 4) is 17.1 Å². The van der Waals surface area contributed by atoms with E-state index >= 15 is 0 Å². The fraction of sp³-hybridized carbons (Fsp3) is 0.318. The van der Waals surface area contributed by atoms with Crippen molar-refractivity contribution in [3.05, 3.63) is 75.4 Å². The Morgan fingerprint density at radius 1 is 1.00 bits per heavy atom. The summed E-state index contributed by atoms with van der Waals surface area (Å²) in [7, 11) is 0. The fourth-order valence-corrected chi connectivity index (χ4v) is 3.73. The number of benzene rings is 1. The topological polar surface area (TPSA) is 104 Å². The smallest absolute Gasteiger partial charge is 0.382 e. The van der Waals surface area contributed by atoms with Crippen LogP contribution in [0.25, 0.3) is 17.1 Å². The molecule has 214 valence electrons. The Balaban J connectivity index is 1.83. The lowest BCUT2D eigenvalue weighted by atomic mass is 10.2. The average Bonchev–Trinajstić information content (AvgIpc) is 3.41. The summed E-state index contributed by atoms with van der Waals surface area (Å²) in [6.45, 7) is -1.74. The van der Waals surface area contributed by atoms with E-state index in [9.17, 15) is 45.0 Å². The van der Waals surface area contributed by atoms with Crippen molar-refractivity contribution in [2.24, 2.45) is 0 Å². The summed E-state index contributed by atoms with van der Waals surface area (Å²) < 4.78 is 110. The maximum Gasteiger partial charge on any atom is 0.418 e. The van der Waals surface area contributed by atoms with Crippen LogP contribution in [0.1, 0.15) is 24.1 Å². The Morgan fingerprint density at radius 3 is 2.23 bits per heavy atom. The van der Waals surface area contributed by atoms with E-state index in [0.29, 0.717) is 28.4 Å². The number of pyridine rings is 1. The van der Waals surface area contributed by atoms with Gasteiger partial charge in [0.25, 0.3) is 0 Å². The highest BCUT2D eigenvalue weighted by Gasteiger charge is 2.40. The quantitative estimate of drug-likeness (QED) is 0.316. The van der Waals surface area contributed by atoms with E-state index in [1.807, 2.05) is 0 Å².